The largest absolute Gasteiger partial charge is 0.488 e. The molecular weight excluding hydrogens is 297 g/mol. The number of ether oxygens (including phenoxy) is 2. The predicted molar refractivity (Wildman–Crippen MR) is 85.4 cm³/mol. The summed E-state index contributed by atoms with van der Waals surface area (Å²) >= 11 is 0. The minimum atomic E-state index is -0.533. The number of aryl methyl sites for hydroxylation is 1. The first-order chi connectivity index (χ1) is 11.1. The van der Waals surface area contributed by atoms with Crippen molar-refractivity contribution in [3.63, 3.8) is 0 Å². The van der Waals surface area contributed by atoms with E-state index in [1.807, 2.05) is 6.92 Å². The van der Waals surface area contributed by atoms with E-state index < -0.39 is 11.7 Å². The van der Waals surface area contributed by atoms with Gasteiger partial charge in [0.25, 0.3) is 5.91 Å². The number of hydrogen-bond acceptors (Lipinski definition) is 3. The van der Waals surface area contributed by atoms with Crippen LogP contribution in [0.5, 0.6) is 5.75 Å². The van der Waals surface area contributed by atoms with E-state index in [1.54, 1.807) is 30.3 Å². The molecule has 2 aromatic rings. The van der Waals surface area contributed by atoms with E-state index in [4.69, 9.17) is 9.47 Å². The monoisotopic (exact) mass is 315 g/mol. The van der Waals surface area contributed by atoms with Crippen molar-refractivity contribution in [2.45, 2.75) is 19.4 Å². The van der Waals surface area contributed by atoms with Crippen molar-refractivity contribution >= 4 is 11.6 Å². The standard InChI is InChI=1S/C18H18FNO3/c1-12-2-7-17(19)16(10-12)18(21)20-13-3-5-14(6-4-13)23-15-8-9-22-11-15/h2-7,10,15H,8-9,11H2,1H3,(H,20,21). The number of halogens is 1. The zero-order valence-corrected chi connectivity index (χ0v) is 12.8. The zero-order chi connectivity index (χ0) is 16.2. The maximum absolute atomic E-state index is 13.7. The summed E-state index contributed by atoms with van der Waals surface area (Å²) in [4.78, 5) is 12.2. The third-order valence-corrected chi connectivity index (χ3v) is 3.67. The van der Waals surface area contributed by atoms with Gasteiger partial charge < -0.3 is 14.8 Å². The summed E-state index contributed by atoms with van der Waals surface area (Å²) in [5, 5.41) is 2.69. The SMILES string of the molecule is Cc1ccc(F)c(C(=O)Nc2ccc(OC3CCOC3)cc2)c1. The Morgan fingerprint density at radius 3 is 2.74 bits per heavy atom. The molecule has 1 unspecified atom stereocenters. The van der Waals surface area contributed by atoms with Crippen molar-refractivity contribution in [2.24, 2.45) is 0 Å². The highest BCUT2D eigenvalue weighted by Crippen LogP contribution is 2.20. The highest BCUT2D eigenvalue weighted by molar-refractivity contribution is 6.04. The van der Waals surface area contributed by atoms with Crippen LogP contribution in [-0.2, 0) is 4.74 Å². The molecule has 1 aliphatic heterocycles. The smallest absolute Gasteiger partial charge is 0.258 e. The molecule has 0 radical (unpaired) electrons. The minimum absolute atomic E-state index is 0.0356. The summed E-state index contributed by atoms with van der Waals surface area (Å²) < 4.78 is 24.7. The van der Waals surface area contributed by atoms with Gasteiger partial charge >= 0.3 is 0 Å². The number of carbonyl (C=O) groups excluding carboxylic acids is 1. The maximum atomic E-state index is 13.7. The molecule has 0 spiro atoms. The summed E-state index contributed by atoms with van der Waals surface area (Å²) in [5.74, 6) is -0.279. The van der Waals surface area contributed by atoms with Gasteiger partial charge in [-0.2, -0.15) is 0 Å². The van der Waals surface area contributed by atoms with Gasteiger partial charge in [0.2, 0.25) is 0 Å². The molecular formula is C18H18FNO3. The highest BCUT2D eigenvalue weighted by atomic mass is 19.1. The number of rotatable bonds is 4. The predicted octanol–water partition coefficient (Wildman–Crippen LogP) is 3.55. The Kier molecular flexibility index (Phi) is 4.57. The quantitative estimate of drug-likeness (QED) is 0.938. The lowest BCUT2D eigenvalue weighted by Crippen LogP contribution is -2.16. The van der Waals surface area contributed by atoms with E-state index in [0.29, 0.717) is 12.3 Å². The number of amides is 1. The summed E-state index contributed by atoms with van der Waals surface area (Å²) in [6.45, 7) is 3.14. The van der Waals surface area contributed by atoms with E-state index >= 15 is 0 Å². The first-order valence-corrected chi connectivity index (χ1v) is 7.54. The lowest BCUT2D eigenvalue weighted by Gasteiger charge is -2.12. The van der Waals surface area contributed by atoms with E-state index in [9.17, 15) is 9.18 Å². The molecule has 1 aliphatic rings. The van der Waals surface area contributed by atoms with Crippen LogP contribution >= 0.6 is 0 Å². The fourth-order valence-corrected chi connectivity index (χ4v) is 2.43. The van der Waals surface area contributed by atoms with Gasteiger partial charge in [-0.1, -0.05) is 11.6 Å². The Labute approximate surface area is 134 Å². The van der Waals surface area contributed by atoms with E-state index in [1.165, 1.54) is 12.1 Å². The van der Waals surface area contributed by atoms with Crippen LogP contribution in [0.25, 0.3) is 0 Å². The van der Waals surface area contributed by atoms with Crippen LogP contribution in [0.15, 0.2) is 42.5 Å². The van der Waals surface area contributed by atoms with Gasteiger partial charge in [0.1, 0.15) is 17.7 Å². The van der Waals surface area contributed by atoms with Gasteiger partial charge in [-0.05, 0) is 43.3 Å². The first kappa shape index (κ1) is 15.5. The summed E-state index contributed by atoms with van der Waals surface area (Å²) in [6.07, 6.45) is 0.960. The second-order valence-corrected chi connectivity index (χ2v) is 5.57. The van der Waals surface area contributed by atoms with Gasteiger partial charge in [-0.3, -0.25) is 4.79 Å². The second-order valence-electron chi connectivity index (χ2n) is 5.57. The van der Waals surface area contributed by atoms with Crippen LogP contribution in [0.3, 0.4) is 0 Å². The van der Waals surface area contributed by atoms with E-state index in [-0.39, 0.29) is 11.7 Å². The molecule has 2 aromatic carbocycles. The highest BCUT2D eigenvalue weighted by Gasteiger charge is 2.17. The molecule has 0 saturated carbocycles. The molecule has 1 fully saturated rings. The Morgan fingerprint density at radius 2 is 2.04 bits per heavy atom. The van der Waals surface area contributed by atoms with Crippen LogP contribution < -0.4 is 10.1 Å². The fraction of sp³-hybridized carbons (Fsp3) is 0.278. The summed E-state index contributed by atoms with van der Waals surface area (Å²) in [5.41, 5.74) is 1.46. The Balaban J connectivity index is 1.65. The molecule has 3 rings (SSSR count). The van der Waals surface area contributed by atoms with Crippen molar-refractivity contribution in [1.29, 1.82) is 0 Å². The normalized spacial score (nSPS) is 17.0. The van der Waals surface area contributed by atoms with E-state index in [0.717, 1.165) is 24.3 Å². The van der Waals surface area contributed by atoms with Gasteiger partial charge in [0.15, 0.2) is 0 Å². The molecule has 1 saturated heterocycles. The van der Waals surface area contributed by atoms with Crippen LogP contribution in [0.4, 0.5) is 10.1 Å². The van der Waals surface area contributed by atoms with Crippen molar-refractivity contribution in [3.8, 4) is 5.75 Å². The molecule has 1 atom stereocenters. The first-order valence-electron chi connectivity index (χ1n) is 7.54. The van der Waals surface area contributed by atoms with Crippen LogP contribution in [0, 0.1) is 12.7 Å². The molecule has 120 valence electrons. The van der Waals surface area contributed by atoms with Gasteiger partial charge in [-0.25, -0.2) is 4.39 Å². The van der Waals surface area contributed by atoms with Crippen LogP contribution in [-0.4, -0.2) is 25.2 Å². The number of anilines is 1. The minimum Gasteiger partial charge on any atom is -0.488 e. The number of nitrogens with one attached hydrogen (secondary N) is 1. The van der Waals surface area contributed by atoms with Gasteiger partial charge in [0, 0.05) is 12.1 Å². The Morgan fingerprint density at radius 1 is 1.26 bits per heavy atom. The van der Waals surface area contributed by atoms with Gasteiger partial charge in [-0.15, -0.1) is 0 Å². The van der Waals surface area contributed by atoms with E-state index in [2.05, 4.69) is 5.32 Å². The molecule has 4 nitrogen and oxygen atoms in total. The lowest BCUT2D eigenvalue weighted by atomic mass is 10.1. The molecule has 23 heavy (non-hydrogen) atoms. The summed E-state index contributed by atoms with van der Waals surface area (Å²) in [6, 6.07) is 11.5. The molecule has 1 N–H and O–H groups in total. The number of carbonyl (C=O) groups is 1. The maximum Gasteiger partial charge on any atom is 0.258 e. The fourth-order valence-electron chi connectivity index (χ4n) is 2.43. The van der Waals surface area contributed by atoms with Crippen molar-refractivity contribution in [3.05, 3.63) is 59.4 Å². The second kappa shape index (κ2) is 6.79. The van der Waals surface area contributed by atoms with Crippen molar-refractivity contribution in [2.75, 3.05) is 18.5 Å². The Bertz CT molecular complexity index is 694. The topological polar surface area (TPSA) is 47.6 Å². The van der Waals surface area contributed by atoms with Crippen molar-refractivity contribution < 1.29 is 18.7 Å². The molecule has 5 heteroatoms. The molecule has 0 aliphatic carbocycles. The molecule has 1 amide bonds. The average Bonchev–Trinajstić information content (AvgIpc) is 3.04. The van der Waals surface area contributed by atoms with Gasteiger partial charge in [0.05, 0.1) is 18.8 Å². The molecule has 0 bridgehead atoms. The number of benzene rings is 2. The molecule has 0 aromatic heterocycles. The Hall–Kier alpha value is -2.40. The van der Waals surface area contributed by atoms with Crippen LogP contribution in [0.2, 0.25) is 0 Å². The molecule has 1 heterocycles. The van der Waals surface area contributed by atoms with Crippen molar-refractivity contribution in [1.82, 2.24) is 0 Å². The zero-order valence-electron chi connectivity index (χ0n) is 12.8. The number of hydrogen-bond donors (Lipinski definition) is 1. The van der Waals surface area contributed by atoms with Crippen LogP contribution in [0.1, 0.15) is 22.3 Å². The average molecular weight is 315 g/mol. The lowest BCUT2D eigenvalue weighted by molar-refractivity contribution is 0.102. The summed E-state index contributed by atoms with van der Waals surface area (Å²) in [7, 11) is 0. The third-order valence-electron chi connectivity index (χ3n) is 3.67. The third kappa shape index (κ3) is 3.87.